The van der Waals surface area contributed by atoms with E-state index in [0.29, 0.717) is 18.8 Å². The van der Waals surface area contributed by atoms with Crippen LogP contribution in [-0.2, 0) is 11.2 Å². The average molecular weight is 359 g/mol. The Morgan fingerprint density at radius 3 is 2.62 bits per heavy atom. The van der Waals surface area contributed by atoms with E-state index in [9.17, 15) is 9.59 Å². The van der Waals surface area contributed by atoms with E-state index in [-0.39, 0.29) is 11.7 Å². The predicted octanol–water partition coefficient (Wildman–Crippen LogP) is 3.84. The van der Waals surface area contributed by atoms with Gasteiger partial charge in [0.1, 0.15) is 0 Å². The van der Waals surface area contributed by atoms with E-state index in [2.05, 4.69) is 24.4 Å². The van der Waals surface area contributed by atoms with Crippen LogP contribution >= 0.6 is 0 Å². The van der Waals surface area contributed by atoms with Crippen LogP contribution in [0.3, 0.4) is 0 Å². The number of rotatable bonds is 10. The molecule has 1 N–H and O–H groups in total. The number of carbonyl (C=O) groups is 2. The van der Waals surface area contributed by atoms with E-state index < -0.39 is 0 Å². The summed E-state index contributed by atoms with van der Waals surface area (Å²) in [6.07, 6.45) is 7.60. The van der Waals surface area contributed by atoms with Crippen molar-refractivity contribution >= 4 is 11.7 Å². The van der Waals surface area contributed by atoms with Crippen LogP contribution in [0.2, 0.25) is 0 Å². The third-order valence-corrected chi connectivity index (χ3v) is 5.28. The van der Waals surface area contributed by atoms with E-state index >= 15 is 0 Å². The van der Waals surface area contributed by atoms with E-state index in [1.54, 1.807) is 0 Å². The Balaban J connectivity index is 1.77. The summed E-state index contributed by atoms with van der Waals surface area (Å²) in [6.45, 7) is 4.81. The quantitative estimate of drug-likeness (QED) is 0.511. The summed E-state index contributed by atoms with van der Waals surface area (Å²) >= 11 is 0. The molecule has 2 rings (SSSR count). The second-order valence-electron chi connectivity index (χ2n) is 7.48. The minimum absolute atomic E-state index is 0.0715. The average Bonchev–Trinajstić information content (AvgIpc) is 2.67. The Morgan fingerprint density at radius 2 is 1.92 bits per heavy atom. The molecule has 0 saturated carbocycles. The maximum atomic E-state index is 12.4. The van der Waals surface area contributed by atoms with Gasteiger partial charge in [-0.15, -0.1) is 0 Å². The Hall–Kier alpha value is -1.68. The van der Waals surface area contributed by atoms with Crippen LogP contribution < -0.4 is 5.32 Å². The van der Waals surface area contributed by atoms with Crippen molar-refractivity contribution in [1.82, 2.24) is 10.2 Å². The van der Waals surface area contributed by atoms with Gasteiger partial charge in [0.2, 0.25) is 5.91 Å². The molecule has 4 nitrogen and oxygen atoms in total. The number of nitrogens with one attached hydrogen (secondary N) is 1. The first-order valence-corrected chi connectivity index (χ1v) is 10.2. The van der Waals surface area contributed by atoms with Crippen LogP contribution in [-0.4, -0.2) is 43.3 Å². The molecule has 4 heteroatoms. The van der Waals surface area contributed by atoms with Crippen LogP contribution in [0.5, 0.6) is 0 Å². The zero-order valence-corrected chi connectivity index (χ0v) is 16.4. The molecule has 1 aromatic carbocycles. The van der Waals surface area contributed by atoms with Gasteiger partial charge in [-0.3, -0.25) is 9.59 Å². The van der Waals surface area contributed by atoms with Gasteiger partial charge in [0.15, 0.2) is 5.78 Å². The molecule has 1 heterocycles. The van der Waals surface area contributed by atoms with Crippen molar-refractivity contribution < 1.29 is 9.59 Å². The SMILES string of the molecule is CCCCCc1ccc(C(=O)CCC(=O)N2CCCC(CNC)C2)cc1. The summed E-state index contributed by atoms with van der Waals surface area (Å²) in [5, 5.41) is 3.20. The van der Waals surface area contributed by atoms with Crippen LogP contribution in [0.15, 0.2) is 24.3 Å². The first-order chi connectivity index (χ1) is 12.6. The van der Waals surface area contributed by atoms with E-state index in [0.717, 1.165) is 38.0 Å². The smallest absolute Gasteiger partial charge is 0.223 e. The van der Waals surface area contributed by atoms with E-state index in [4.69, 9.17) is 0 Å². The van der Waals surface area contributed by atoms with Crippen molar-refractivity contribution in [2.45, 2.75) is 58.3 Å². The van der Waals surface area contributed by atoms with Crippen molar-refractivity contribution in [2.24, 2.45) is 5.92 Å². The van der Waals surface area contributed by atoms with Crippen molar-refractivity contribution in [2.75, 3.05) is 26.7 Å². The maximum Gasteiger partial charge on any atom is 0.223 e. The third kappa shape index (κ3) is 6.56. The summed E-state index contributed by atoms with van der Waals surface area (Å²) in [5.74, 6) is 0.728. The van der Waals surface area contributed by atoms with Gasteiger partial charge in [0.05, 0.1) is 0 Å². The Labute approximate surface area is 158 Å². The molecular formula is C22H34N2O2. The molecule has 1 aromatic rings. The van der Waals surface area contributed by atoms with E-state index in [1.807, 2.05) is 24.1 Å². The van der Waals surface area contributed by atoms with Crippen molar-refractivity contribution in [3.05, 3.63) is 35.4 Å². The van der Waals surface area contributed by atoms with Gasteiger partial charge in [-0.2, -0.15) is 0 Å². The largest absolute Gasteiger partial charge is 0.342 e. The number of nitrogens with zero attached hydrogens (tertiary/aromatic N) is 1. The number of hydrogen-bond acceptors (Lipinski definition) is 3. The first kappa shape index (κ1) is 20.6. The van der Waals surface area contributed by atoms with Crippen LogP contribution in [0, 0.1) is 5.92 Å². The number of unbranched alkanes of at least 4 members (excludes halogenated alkanes) is 2. The third-order valence-electron chi connectivity index (χ3n) is 5.28. The molecule has 1 atom stereocenters. The standard InChI is InChI=1S/C22H34N2O2/c1-3-4-5-7-18-9-11-20(12-10-18)21(25)13-14-22(26)24-15-6-8-19(17-24)16-23-2/h9-12,19,23H,3-8,13-17H2,1-2H3. The van der Waals surface area contributed by atoms with Crippen molar-refractivity contribution in [3.63, 3.8) is 0 Å². The number of aryl methyl sites for hydroxylation is 1. The Bertz CT molecular complexity index is 566. The zero-order chi connectivity index (χ0) is 18.8. The van der Waals surface area contributed by atoms with E-state index in [1.165, 1.54) is 31.2 Å². The molecule has 144 valence electrons. The van der Waals surface area contributed by atoms with Crippen molar-refractivity contribution in [3.8, 4) is 0 Å². The highest BCUT2D eigenvalue weighted by Gasteiger charge is 2.23. The van der Waals surface area contributed by atoms with Crippen LogP contribution in [0.1, 0.15) is 67.8 Å². The van der Waals surface area contributed by atoms with Gasteiger partial charge in [-0.05, 0) is 50.8 Å². The van der Waals surface area contributed by atoms with Crippen LogP contribution in [0.25, 0.3) is 0 Å². The monoisotopic (exact) mass is 358 g/mol. The minimum atomic E-state index is 0.0715. The lowest BCUT2D eigenvalue weighted by Crippen LogP contribution is -2.42. The fourth-order valence-corrected chi connectivity index (χ4v) is 3.71. The van der Waals surface area contributed by atoms with Gasteiger partial charge in [0, 0.05) is 31.5 Å². The van der Waals surface area contributed by atoms with Crippen molar-refractivity contribution in [1.29, 1.82) is 0 Å². The van der Waals surface area contributed by atoms with Gasteiger partial charge < -0.3 is 10.2 Å². The number of benzene rings is 1. The summed E-state index contributed by atoms with van der Waals surface area (Å²) in [4.78, 5) is 26.8. The fourth-order valence-electron chi connectivity index (χ4n) is 3.71. The molecule has 0 radical (unpaired) electrons. The number of carbonyl (C=O) groups excluding carboxylic acids is 2. The summed E-state index contributed by atoms with van der Waals surface area (Å²) in [6, 6.07) is 7.94. The molecule has 26 heavy (non-hydrogen) atoms. The summed E-state index contributed by atoms with van der Waals surface area (Å²) in [7, 11) is 1.95. The highest BCUT2D eigenvalue weighted by molar-refractivity contribution is 5.98. The van der Waals surface area contributed by atoms with Crippen LogP contribution in [0.4, 0.5) is 0 Å². The molecule has 1 aliphatic rings. The molecular weight excluding hydrogens is 324 g/mol. The normalized spacial score (nSPS) is 17.3. The number of piperidine rings is 1. The number of amides is 1. The lowest BCUT2D eigenvalue weighted by molar-refractivity contribution is -0.132. The number of Topliss-reactive ketones (excluding diaryl/α,β-unsaturated/α-hetero) is 1. The number of ketones is 1. The van der Waals surface area contributed by atoms with Gasteiger partial charge in [0.25, 0.3) is 0 Å². The molecule has 1 saturated heterocycles. The second-order valence-corrected chi connectivity index (χ2v) is 7.48. The van der Waals surface area contributed by atoms with Gasteiger partial charge in [-0.1, -0.05) is 44.0 Å². The highest BCUT2D eigenvalue weighted by atomic mass is 16.2. The lowest BCUT2D eigenvalue weighted by Gasteiger charge is -2.32. The number of likely N-dealkylation sites (tertiary alicyclic amines) is 1. The molecule has 0 aromatic heterocycles. The topological polar surface area (TPSA) is 49.4 Å². The fraction of sp³-hybridized carbons (Fsp3) is 0.636. The molecule has 0 bridgehead atoms. The number of hydrogen-bond donors (Lipinski definition) is 1. The molecule has 1 unspecified atom stereocenters. The summed E-state index contributed by atoms with van der Waals surface area (Å²) < 4.78 is 0. The molecule has 1 amide bonds. The zero-order valence-electron chi connectivity index (χ0n) is 16.4. The Kier molecular flexibility index (Phi) is 8.82. The first-order valence-electron chi connectivity index (χ1n) is 10.2. The highest BCUT2D eigenvalue weighted by Crippen LogP contribution is 2.17. The van der Waals surface area contributed by atoms with Gasteiger partial charge in [-0.25, -0.2) is 0 Å². The maximum absolute atomic E-state index is 12.4. The second kappa shape index (κ2) is 11.1. The summed E-state index contributed by atoms with van der Waals surface area (Å²) in [5.41, 5.74) is 2.01. The molecule has 0 aliphatic carbocycles. The molecule has 0 spiro atoms. The molecule has 1 fully saturated rings. The predicted molar refractivity (Wildman–Crippen MR) is 106 cm³/mol. The lowest BCUT2D eigenvalue weighted by atomic mass is 9.97. The molecule has 1 aliphatic heterocycles. The van der Waals surface area contributed by atoms with Gasteiger partial charge >= 0.3 is 0 Å². The Morgan fingerprint density at radius 1 is 1.15 bits per heavy atom. The minimum Gasteiger partial charge on any atom is -0.342 e.